The molecule has 5 atom stereocenters. The Labute approximate surface area is 222 Å². The lowest BCUT2D eigenvalue weighted by molar-refractivity contribution is -0.0810. The summed E-state index contributed by atoms with van der Waals surface area (Å²) < 4.78 is 49.5. The Morgan fingerprint density at radius 2 is 1.87 bits per heavy atom. The summed E-state index contributed by atoms with van der Waals surface area (Å²) in [6.07, 6.45) is -2.14. The van der Waals surface area contributed by atoms with Gasteiger partial charge in [0.25, 0.3) is 14.1 Å². The monoisotopic (exact) mass is 581 g/mol. The van der Waals surface area contributed by atoms with E-state index in [2.05, 4.69) is 16.3 Å². The summed E-state index contributed by atoms with van der Waals surface area (Å²) in [5.74, 6) is 0. The smallest absolute Gasteiger partial charge is 0.374 e. The molecule has 1 saturated heterocycles. The van der Waals surface area contributed by atoms with E-state index >= 15 is 0 Å². The fraction of sp³-hybridized carbons (Fsp3) is 0.762. The highest BCUT2D eigenvalue weighted by Gasteiger charge is 2.50. The van der Waals surface area contributed by atoms with Gasteiger partial charge in [-0.1, -0.05) is 0 Å². The summed E-state index contributed by atoms with van der Waals surface area (Å²) in [4.78, 5) is 31.8. The maximum Gasteiger partial charge on any atom is 0.428 e. The predicted molar refractivity (Wildman–Crippen MR) is 137 cm³/mol. The minimum absolute atomic E-state index is 0.0229. The lowest BCUT2D eigenvalue weighted by Crippen LogP contribution is -2.42. The molecule has 38 heavy (non-hydrogen) atoms. The first-order valence-electron chi connectivity index (χ1n) is 11.9. The molecule has 216 valence electrons. The number of ether oxygens (including phenoxy) is 2. The number of nitriles is 1. The largest absolute Gasteiger partial charge is 0.428 e. The minimum atomic E-state index is -3.71. The highest BCUT2D eigenvalue weighted by Crippen LogP contribution is 2.50. The van der Waals surface area contributed by atoms with Crippen molar-refractivity contribution in [2.75, 3.05) is 34.5 Å². The molecule has 1 aliphatic heterocycles. The van der Waals surface area contributed by atoms with Gasteiger partial charge in [-0.25, -0.2) is 14.0 Å². The van der Waals surface area contributed by atoms with Crippen molar-refractivity contribution >= 4 is 16.3 Å². The van der Waals surface area contributed by atoms with E-state index in [4.69, 9.17) is 37.7 Å². The summed E-state index contributed by atoms with van der Waals surface area (Å²) in [7, 11) is -1.63. The van der Waals surface area contributed by atoms with Crippen LogP contribution in [-0.2, 0) is 37.0 Å². The average Bonchev–Trinajstić information content (AvgIpc) is 3.20. The second-order valence-corrected chi connectivity index (χ2v) is 12.0. The zero-order valence-corrected chi connectivity index (χ0v) is 24.3. The molecule has 0 aliphatic carbocycles. The summed E-state index contributed by atoms with van der Waals surface area (Å²) in [6, 6.07) is 3.28. The van der Waals surface area contributed by atoms with Gasteiger partial charge in [-0.2, -0.15) is 5.26 Å². The average molecular weight is 582 g/mol. The van der Waals surface area contributed by atoms with Gasteiger partial charge in [0.15, 0.2) is 6.23 Å². The molecular formula is C21H37N5O10P2. The van der Waals surface area contributed by atoms with Crippen LogP contribution in [0.2, 0.25) is 0 Å². The van der Waals surface area contributed by atoms with Crippen LogP contribution in [0.1, 0.15) is 40.3 Å². The van der Waals surface area contributed by atoms with Gasteiger partial charge in [0.1, 0.15) is 18.3 Å². The van der Waals surface area contributed by atoms with Crippen LogP contribution in [0.3, 0.4) is 0 Å². The number of rotatable bonds is 16. The fourth-order valence-corrected chi connectivity index (χ4v) is 6.12. The quantitative estimate of drug-likeness (QED) is 0.165. The maximum absolute atomic E-state index is 12.6. The van der Waals surface area contributed by atoms with Crippen molar-refractivity contribution in [1.82, 2.24) is 19.5 Å². The normalized spacial score (nSPS) is 22.9. The Morgan fingerprint density at radius 1 is 1.21 bits per heavy atom. The number of hydrogen-bond acceptors (Lipinski definition) is 12. The molecule has 17 heteroatoms. The topological polar surface area (TPSA) is 176 Å². The van der Waals surface area contributed by atoms with Crippen molar-refractivity contribution in [2.24, 2.45) is 0 Å². The molecule has 0 aromatic carbocycles. The Balaban J connectivity index is 2.43. The SMILES string of the molecule is CO[C@@H]1[C@H](OP(OCCC#N)N(C(C)C)C(C)C)[C@@H](CONP(=O)(OC)OC)O[C@H]1n1ccc(=O)[nH]c1=O. The van der Waals surface area contributed by atoms with Crippen molar-refractivity contribution in [1.29, 1.82) is 5.26 Å². The van der Waals surface area contributed by atoms with Crippen molar-refractivity contribution in [3.63, 3.8) is 0 Å². The van der Waals surface area contributed by atoms with Gasteiger partial charge >= 0.3 is 13.4 Å². The molecule has 1 aliphatic rings. The second kappa shape index (κ2) is 15.3. The number of H-pyrrole nitrogens is 1. The van der Waals surface area contributed by atoms with E-state index in [9.17, 15) is 14.2 Å². The number of aromatic amines is 1. The van der Waals surface area contributed by atoms with E-state index < -0.39 is 52.1 Å². The van der Waals surface area contributed by atoms with Crippen molar-refractivity contribution in [3.8, 4) is 6.07 Å². The second-order valence-electron chi connectivity index (χ2n) is 8.66. The van der Waals surface area contributed by atoms with Gasteiger partial charge in [-0.15, -0.1) is 5.25 Å². The van der Waals surface area contributed by atoms with Crippen LogP contribution in [0.15, 0.2) is 21.9 Å². The molecule has 2 heterocycles. The molecule has 0 radical (unpaired) electrons. The summed E-state index contributed by atoms with van der Waals surface area (Å²) >= 11 is 0. The third-order valence-corrected chi connectivity index (χ3v) is 8.90. The molecule has 0 spiro atoms. The van der Waals surface area contributed by atoms with Gasteiger partial charge in [0, 0.05) is 45.7 Å². The molecule has 0 bridgehead atoms. The molecular weight excluding hydrogens is 544 g/mol. The first kappa shape index (κ1) is 32.7. The first-order chi connectivity index (χ1) is 18.0. The molecule has 1 unspecified atom stereocenters. The zero-order valence-electron chi connectivity index (χ0n) is 22.6. The number of hydrogen-bond donors (Lipinski definition) is 2. The van der Waals surface area contributed by atoms with Gasteiger partial charge in [-0.3, -0.25) is 28.2 Å². The maximum atomic E-state index is 12.6. The van der Waals surface area contributed by atoms with Crippen molar-refractivity contribution in [2.45, 2.75) is 70.7 Å². The van der Waals surface area contributed by atoms with E-state index in [1.54, 1.807) is 0 Å². The molecule has 0 amide bonds. The Kier molecular flexibility index (Phi) is 13.2. The summed E-state index contributed by atoms with van der Waals surface area (Å²) in [6.45, 7) is 7.88. The zero-order chi connectivity index (χ0) is 28.5. The van der Waals surface area contributed by atoms with E-state index in [0.29, 0.717) is 0 Å². The van der Waals surface area contributed by atoms with Gasteiger partial charge in [0.05, 0.1) is 25.7 Å². The highest BCUT2D eigenvalue weighted by atomic mass is 31.2. The lowest BCUT2D eigenvalue weighted by atomic mass is 10.1. The Bertz CT molecular complexity index is 1060. The minimum Gasteiger partial charge on any atom is -0.374 e. The fourth-order valence-electron chi connectivity index (χ4n) is 3.82. The third-order valence-electron chi connectivity index (χ3n) is 5.46. The number of aromatic nitrogens is 2. The van der Waals surface area contributed by atoms with Crippen LogP contribution >= 0.6 is 16.3 Å². The van der Waals surface area contributed by atoms with Crippen LogP contribution in [0.4, 0.5) is 0 Å². The molecule has 1 fully saturated rings. The van der Waals surface area contributed by atoms with E-state index in [-0.39, 0.29) is 31.7 Å². The van der Waals surface area contributed by atoms with Gasteiger partial charge in [-0.05, 0) is 27.7 Å². The van der Waals surface area contributed by atoms with Gasteiger partial charge in [0.2, 0.25) is 0 Å². The summed E-state index contributed by atoms with van der Waals surface area (Å²) in [5, 5.41) is 11.3. The number of methoxy groups -OCH3 is 1. The van der Waals surface area contributed by atoms with E-state index in [0.717, 1.165) is 0 Å². The van der Waals surface area contributed by atoms with Crippen LogP contribution in [0.5, 0.6) is 0 Å². The molecule has 15 nitrogen and oxygen atoms in total. The molecule has 1 aromatic rings. The predicted octanol–water partition coefficient (Wildman–Crippen LogP) is 2.03. The van der Waals surface area contributed by atoms with Crippen LogP contribution in [0, 0.1) is 11.3 Å². The summed E-state index contributed by atoms with van der Waals surface area (Å²) in [5.41, 5.74) is -1.27. The van der Waals surface area contributed by atoms with Crippen LogP contribution in [0.25, 0.3) is 0 Å². The Hall–Kier alpha value is -1.53. The molecule has 2 rings (SSSR count). The van der Waals surface area contributed by atoms with Crippen LogP contribution in [-0.4, -0.2) is 79.2 Å². The highest BCUT2D eigenvalue weighted by molar-refractivity contribution is 7.51. The molecule has 1 aromatic heterocycles. The third kappa shape index (κ3) is 8.48. The molecule has 0 saturated carbocycles. The first-order valence-corrected chi connectivity index (χ1v) is 14.5. The number of nitrogens with one attached hydrogen (secondary N) is 2. The molecule has 2 N–H and O–H groups in total. The van der Waals surface area contributed by atoms with Crippen LogP contribution < -0.4 is 16.5 Å². The number of nitrogens with zero attached hydrogens (tertiary/aromatic N) is 3. The standard InChI is InChI=1S/C21H37N5O10P2/c1-14(2)26(15(3)4)37(34-12-8-10-22)36-18-16(13-33-24-38(29,31-6)32-7)35-20(19(18)30-5)25-11-9-17(27)23-21(25)28/h9,11,14-16,18-20H,8,12-13H2,1-7H3,(H,24,29)(H,23,27,28)/t16-,18-,19-,20-,37?/m1/s1. The van der Waals surface area contributed by atoms with E-state index in [1.807, 2.05) is 32.4 Å². The Morgan fingerprint density at radius 3 is 2.39 bits per heavy atom. The van der Waals surface area contributed by atoms with E-state index in [1.165, 1.54) is 38.2 Å². The van der Waals surface area contributed by atoms with Crippen molar-refractivity contribution < 1.29 is 37.0 Å². The lowest BCUT2D eigenvalue weighted by Gasteiger charge is -2.38. The van der Waals surface area contributed by atoms with Crippen molar-refractivity contribution in [3.05, 3.63) is 33.1 Å². The van der Waals surface area contributed by atoms with Gasteiger partial charge < -0.3 is 18.5 Å².